The first-order valence-electron chi connectivity index (χ1n) is 6.56. The van der Waals surface area contributed by atoms with Gasteiger partial charge in [-0.25, -0.2) is 9.78 Å². The third-order valence-corrected chi connectivity index (χ3v) is 4.97. The minimum atomic E-state index is -0.654. The molecule has 1 spiro atoms. The van der Waals surface area contributed by atoms with Gasteiger partial charge in [0.2, 0.25) is 0 Å². The van der Waals surface area contributed by atoms with Gasteiger partial charge < -0.3 is 4.74 Å². The van der Waals surface area contributed by atoms with Gasteiger partial charge in [-0.2, -0.15) is 0 Å². The van der Waals surface area contributed by atoms with E-state index in [-0.39, 0.29) is 15.7 Å². The molecule has 108 valence electrons. The van der Waals surface area contributed by atoms with Crippen molar-refractivity contribution in [2.24, 2.45) is 0 Å². The van der Waals surface area contributed by atoms with Gasteiger partial charge in [0.15, 0.2) is 10.3 Å². The third-order valence-electron chi connectivity index (χ3n) is 4.46. The second-order valence-electron chi connectivity index (χ2n) is 5.45. The Hall–Kier alpha value is -1.07. The van der Waals surface area contributed by atoms with Gasteiger partial charge >= 0.3 is 5.97 Å². The fraction of sp³-hybridized carbons (Fsp3) is 0.615. The van der Waals surface area contributed by atoms with E-state index in [1.165, 1.54) is 11.7 Å². The number of ether oxygens (including phenoxy) is 1. The molecule has 3 rings (SSSR count). The number of hydrogen-bond donors (Lipinski definition) is 0. The molecule has 0 unspecified atom stereocenters. The zero-order chi connectivity index (χ0) is 14.5. The predicted molar refractivity (Wildman–Crippen MR) is 74.3 cm³/mol. The zero-order valence-electron chi connectivity index (χ0n) is 11.0. The van der Waals surface area contributed by atoms with E-state index in [0.717, 1.165) is 25.7 Å². The number of hydrogen-bond acceptors (Lipinski definition) is 4. The van der Waals surface area contributed by atoms with E-state index in [1.54, 1.807) is 0 Å². The number of nitrogens with zero attached hydrogens (tertiary/aromatic N) is 2. The maximum Gasteiger partial charge on any atom is 0.329 e. The Morgan fingerprint density at radius 1 is 1.35 bits per heavy atom. The summed E-state index contributed by atoms with van der Waals surface area (Å²) in [5, 5.41) is 0.0191. The van der Waals surface area contributed by atoms with Gasteiger partial charge in [0.25, 0.3) is 5.56 Å². The first-order valence-corrected chi connectivity index (χ1v) is 7.31. The minimum Gasteiger partial charge on any atom is -0.467 e. The Kier molecular flexibility index (Phi) is 3.29. The number of fused-ring (bicyclic) bond motifs is 2. The van der Waals surface area contributed by atoms with Crippen LogP contribution in [-0.4, -0.2) is 22.6 Å². The monoisotopic (exact) mass is 316 g/mol. The molecule has 1 atom stereocenters. The first kappa shape index (κ1) is 13.9. The molecule has 1 fully saturated rings. The van der Waals surface area contributed by atoms with Crippen LogP contribution < -0.4 is 5.56 Å². The molecule has 0 aromatic carbocycles. The Morgan fingerprint density at radius 2 is 2.00 bits per heavy atom. The number of methoxy groups -OCH3 is 1. The molecule has 0 radical (unpaired) electrons. The van der Waals surface area contributed by atoms with Crippen LogP contribution in [0.25, 0.3) is 0 Å². The van der Waals surface area contributed by atoms with Crippen molar-refractivity contribution in [2.45, 2.75) is 43.6 Å². The smallest absolute Gasteiger partial charge is 0.329 e. The molecule has 1 aliphatic heterocycles. The number of halogens is 2. The van der Waals surface area contributed by atoms with Crippen LogP contribution in [0, 0.1) is 0 Å². The summed E-state index contributed by atoms with van der Waals surface area (Å²) < 4.78 is 6.22. The molecule has 2 heterocycles. The van der Waals surface area contributed by atoms with Crippen molar-refractivity contribution in [3.63, 3.8) is 0 Å². The highest BCUT2D eigenvalue weighted by atomic mass is 35.5. The lowest BCUT2D eigenvalue weighted by Gasteiger charge is -2.23. The number of esters is 1. The van der Waals surface area contributed by atoms with E-state index >= 15 is 0 Å². The van der Waals surface area contributed by atoms with E-state index in [0.29, 0.717) is 12.1 Å². The summed E-state index contributed by atoms with van der Waals surface area (Å²) in [6, 6.07) is -0.654. The second kappa shape index (κ2) is 4.74. The molecule has 1 aromatic heterocycles. The summed E-state index contributed by atoms with van der Waals surface area (Å²) in [6.45, 7) is 0. The van der Waals surface area contributed by atoms with Crippen molar-refractivity contribution < 1.29 is 9.53 Å². The van der Waals surface area contributed by atoms with Crippen LogP contribution in [0.4, 0.5) is 0 Å². The molecular weight excluding hydrogens is 303 g/mol. The summed E-state index contributed by atoms with van der Waals surface area (Å²) in [4.78, 5) is 28.2. The molecule has 7 heteroatoms. The largest absolute Gasteiger partial charge is 0.467 e. The lowest BCUT2D eigenvalue weighted by Crippen LogP contribution is -2.30. The summed E-state index contributed by atoms with van der Waals surface area (Å²) in [6.07, 6.45) is 4.46. The highest BCUT2D eigenvalue weighted by molar-refractivity contribution is 6.32. The quantitative estimate of drug-likeness (QED) is 0.747. The predicted octanol–water partition coefficient (Wildman–Crippen LogP) is 2.48. The summed E-state index contributed by atoms with van der Waals surface area (Å²) in [5.41, 5.74) is -0.0566. The van der Waals surface area contributed by atoms with Gasteiger partial charge in [0.05, 0.1) is 12.8 Å². The zero-order valence-corrected chi connectivity index (χ0v) is 12.5. The second-order valence-corrected chi connectivity index (χ2v) is 6.16. The van der Waals surface area contributed by atoms with Crippen LogP contribution in [0.2, 0.25) is 10.3 Å². The van der Waals surface area contributed by atoms with Crippen LogP contribution >= 0.6 is 23.2 Å². The van der Waals surface area contributed by atoms with Crippen LogP contribution in [0.15, 0.2) is 4.79 Å². The molecule has 1 aliphatic carbocycles. The van der Waals surface area contributed by atoms with Crippen molar-refractivity contribution in [3.05, 3.63) is 26.4 Å². The molecule has 1 saturated carbocycles. The molecule has 0 bridgehead atoms. The van der Waals surface area contributed by atoms with Crippen LogP contribution in [0.5, 0.6) is 0 Å². The van der Waals surface area contributed by atoms with Crippen LogP contribution in [0.3, 0.4) is 0 Å². The number of carbonyl (C=O) groups is 1. The number of aromatic nitrogens is 2. The van der Waals surface area contributed by atoms with Crippen molar-refractivity contribution >= 4 is 29.2 Å². The minimum absolute atomic E-state index is 0.206. The Balaban J connectivity index is 2.27. The standard InChI is InChI=1S/C13H14Cl2N2O3/c1-20-12(19)7-6-13(4-2-3-5-13)8-9(14)16-10(15)11(18)17(7)8/h7H,2-6H2,1H3/t7-/m0/s1. The highest BCUT2D eigenvalue weighted by Gasteiger charge is 2.50. The van der Waals surface area contributed by atoms with Crippen molar-refractivity contribution in [1.82, 2.24) is 9.55 Å². The van der Waals surface area contributed by atoms with E-state index in [2.05, 4.69) is 4.98 Å². The van der Waals surface area contributed by atoms with Crippen molar-refractivity contribution in [3.8, 4) is 0 Å². The summed E-state index contributed by atoms with van der Waals surface area (Å²) >= 11 is 12.0. The SMILES string of the molecule is COC(=O)[C@@H]1CC2(CCCC2)c2c(Cl)nc(Cl)c(=O)n21. The van der Waals surface area contributed by atoms with E-state index in [4.69, 9.17) is 27.9 Å². The van der Waals surface area contributed by atoms with E-state index < -0.39 is 17.6 Å². The van der Waals surface area contributed by atoms with Gasteiger partial charge in [0.1, 0.15) is 6.04 Å². The molecule has 2 aliphatic rings. The van der Waals surface area contributed by atoms with Gasteiger partial charge in [-0.15, -0.1) is 0 Å². The average Bonchev–Trinajstić information content (AvgIpc) is 3.02. The molecule has 5 nitrogen and oxygen atoms in total. The molecule has 0 amide bonds. The fourth-order valence-electron chi connectivity index (χ4n) is 3.63. The lowest BCUT2D eigenvalue weighted by molar-refractivity contribution is -0.144. The first-order chi connectivity index (χ1) is 9.50. The fourth-order valence-corrected chi connectivity index (χ4v) is 4.23. The van der Waals surface area contributed by atoms with Gasteiger partial charge in [-0.3, -0.25) is 9.36 Å². The molecule has 20 heavy (non-hydrogen) atoms. The molecule has 0 saturated heterocycles. The Labute approximate surface area is 125 Å². The molecule has 0 N–H and O–H groups in total. The summed E-state index contributed by atoms with van der Waals surface area (Å²) in [5.74, 6) is -0.435. The molecule has 1 aromatic rings. The number of carbonyl (C=O) groups excluding carboxylic acids is 1. The maximum absolute atomic E-state index is 12.3. The van der Waals surface area contributed by atoms with Gasteiger partial charge in [0, 0.05) is 5.41 Å². The Bertz CT molecular complexity index is 635. The maximum atomic E-state index is 12.3. The van der Waals surface area contributed by atoms with Gasteiger partial charge in [-0.1, -0.05) is 36.0 Å². The Morgan fingerprint density at radius 3 is 2.60 bits per heavy atom. The average molecular weight is 317 g/mol. The normalized spacial score (nSPS) is 23.1. The third kappa shape index (κ3) is 1.79. The topological polar surface area (TPSA) is 61.2 Å². The van der Waals surface area contributed by atoms with Crippen LogP contribution in [-0.2, 0) is 14.9 Å². The molecular formula is C13H14Cl2N2O3. The van der Waals surface area contributed by atoms with Crippen molar-refractivity contribution in [1.29, 1.82) is 0 Å². The van der Waals surface area contributed by atoms with Gasteiger partial charge in [-0.05, 0) is 19.3 Å². The van der Waals surface area contributed by atoms with E-state index in [1.807, 2.05) is 0 Å². The lowest BCUT2D eigenvalue weighted by atomic mass is 9.80. The van der Waals surface area contributed by atoms with E-state index in [9.17, 15) is 9.59 Å². The number of rotatable bonds is 1. The highest BCUT2D eigenvalue weighted by Crippen LogP contribution is 2.52. The van der Waals surface area contributed by atoms with Crippen LogP contribution in [0.1, 0.15) is 43.8 Å². The summed E-state index contributed by atoms with van der Waals surface area (Å²) in [7, 11) is 1.32. The van der Waals surface area contributed by atoms with Crippen molar-refractivity contribution in [2.75, 3.05) is 7.11 Å².